The number of hydrogen-bond acceptors (Lipinski definition) is 7. The van der Waals surface area contributed by atoms with Crippen LogP contribution in [-0.2, 0) is 32.3 Å². The molecule has 0 aliphatic carbocycles. The minimum Gasteiger partial charge on any atom is -0.465 e. The predicted octanol–water partition coefficient (Wildman–Crippen LogP) is 1.78. The normalized spacial score (nSPS) is 11.5. The molecule has 7 nitrogen and oxygen atoms in total. The Morgan fingerprint density at radius 3 is 1.68 bits per heavy atom. The summed E-state index contributed by atoms with van der Waals surface area (Å²) >= 11 is 0. The lowest BCUT2D eigenvalue weighted by Crippen LogP contribution is -2.42. The van der Waals surface area contributed by atoms with E-state index in [0.29, 0.717) is 18.9 Å². The standard InChI is InChI=1S/C14H28O7Si/c1-6-20-13(15)12(14(16)21-7-2)10-8-9-11-22(17-3,18-4)19-5/h12H,6-11H2,1-5H3. The number of ether oxygens (including phenoxy) is 2. The summed E-state index contributed by atoms with van der Waals surface area (Å²) in [6.45, 7) is 3.88. The van der Waals surface area contributed by atoms with Crippen molar-refractivity contribution in [2.45, 2.75) is 39.2 Å². The Labute approximate surface area is 133 Å². The first-order valence-corrected chi connectivity index (χ1v) is 9.42. The van der Waals surface area contributed by atoms with Gasteiger partial charge in [0.1, 0.15) is 0 Å². The van der Waals surface area contributed by atoms with Crippen molar-refractivity contribution in [3.8, 4) is 0 Å². The van der Waals surface area contributed by atoms with Gasteiger partial charge in [0.25, 0.3) is 0 Å². The molecule has 0 amide bonds. The van der Waals surface area contributed by atoms with E-state index in [2.05, 4.69) is 0 Å². The Morgan fingerprint density at radius 2 is 1.32 bits per heavy atom. The van der Waals surface area contributed by atoms with E-state index in [1.54, 1.807) is 35.2 Å². The molecule has 130 valence electrons. The first kappa shape index (κ1) is 21.0. The maximum Gasteiger partial charge on any atom is 0.500 e. The molecule has 0 atom stereocenters. The fourth-order valence-electron chi connectivity index (χ4n) is 2.06. The van der Waals surface area contributed by atoms with E-state index in [0.717, 1.165) is 6.42 Å². The molecule has 0 N–H and O–H groups in total. The Hall–Kier alpha value is -0.963. The molecule has 0 unspecified atom stereocenters. The third kappa shape index (κ3) is 6.86. The van der Waals surface area contributed by atoms with Crippen LogP contribution >= 0.6 is 0 Å². The molecule has 0 aromatic rings. The van der Waals surface area contributed by atoms with Gasteiger partial charge in [-0.2, -0.15) is 0 Å². The van der Waals surface area contributed by atoms with Gasteiger partial charge in [-0.3, -0.25) is 9.59 Å². The number of carbonyl (C=O) groups is 2. The number of hydrogen-bond donors (Lipinski definition) is 0. The summed E-state index contributed by atoms with van der Waals surface area (Å²) < 4.78 is 25.8. The fraction of sp³-hybridized carbons (Fsp3) is 0.857. The molecule has 0 heterocycles. The number of rotatable bonds is 12. The number of esters is 2. The lowest BCUT2D eigenvalue weighted by Gasteiger charge is -2.24. The minimum atomic E-state index is -2.61. The van der Waals surface area contributed by atoms with Crippen molar-refractivity contribution in [2.75, 3.05) is 34.5 Å². The maximum absolute atomic E-state index is 11.8. The Balaban J connectivity index is 4.45. The van der Waals surface area contributed by atoms with Crippen molar-refractivity contribution in [1.82, 2.24) is 0 Å². The summed E-state index contributed by atoms with van der Waals surface area (Å²) in [6, 6.07) is 0.620. The van der Waals surface area contributed by atoms with E-state index >= 15 is 0 Å². The van der Waals surface area contributed by atoms with Gasteiger partial charge in [0.05, 0.1) is 13.2 Å². The van der Waals surface area contributed by atoms with E-state index in [1.165, 1.54) is 0 Å². The second kappa shape index (κ2) is 11.6. The molecule has 0 aromatic carbocycles. The number of unbranched alkanes of at least 4 members (excludes halogenated alkanes) is 1. The van der Waals surface area contributed by atoms with Gasteiger partial charge in [-0.25, -0.2) is 0 Å². The largest absolute Gasteiger partial charge is 0.500 e. The third-order valence-electron chi connectivity index (χ3n) is 3.30. The second-order valence-electron chi connectivity index (χ2n) is 4.60. The average molecular weight is 336 g/mol. The zero-order valence-corrected chi connectivity index (χ0v) is 15.2. The molecule has 0 aliphatic heterocycles. The molecule has 0 aromatic heterocycles. The molecule has 0 aliphatic rings. The Kier molecular flexibility index (Phi) is 11.1. The first-order valence-electron chi connectivity index (χ1n) is 7.48. The highest BCUT2D eigenvalue weighted by Gasteiger charge is 2.37. The van der Waals surface area contributed by atoms with E-state index < -0.39 is 26.7 Å². The van der Waals surface area contributed by atoms with Gasteiger partial charge in [0, 0.05) is 27.4 Å². The van der Waals surface area contributed by atoms with Crippen LogP contribution in [0.2, 0.25) is 6.04 Å². The van der Waals surface area contributed by atoms with E-state index in [-0.39, 0.29) is 13.2 Å². The second-order valence-corrected chi connectivity index (χ2v) is 7.69. The van der Waals surface area contributed by atoms with E-state index in [4.69, 9.17) is 22.8 Å². The molecule has 0 spiro atoms. The van der Waals surface area contributed by atoms with Crippen LogP contribution < -0.4 is 0 Å². The Morgan fingerprint density at radius 1 is 0.864 bits per heavy atom. The summed E-state index contributed by atoms with van der Waals surface area (Å²) in [5.74, 6) is -1.94. The lowest BCUT2D eigenvalue weighted by molar-refractivity contribution is -0.161. The topological polar surface area (TPSA) is 80.3 Å². The minimum absolute atomic E-state index is 0.238. The lowest BCUT2D eigenvalue weighted by atomic mass is 10.0. The monoisotopic (exact) mass is 336 g/mol. The summed E-state index contributed by atoms with van der Waals surface area (Å²) in [4.78, 5) is 23.7. The van der Waals surface area contributed by atoms with Crippen molar-refractivity contribution in [1.29, 1.82) is 0 Å². The quantitative estimate of drug-likeness (QED) is 0.232. The molecule has 0 saturated heterocycles. The molecule has 8 heteroatoms. The van der Waals surface area contributed by atoms with Crippen molar-refractivity contribution < 1.29 is 32.3 Å². The van der Waals surface area contributed by atoms with Gasteiger partial charge in [-0.05, 0) is 26.7 Å². The zero-order valence-electron chi connectivity index (χ0n) is 14.2. The van der Waals surface area contributed by atoms with Gasteiger partial charge in [-0.1, -0.05) is 6.42 Å². The highest BCUT2D eigenvalue weighted by Crippen LogP contribution is 2.20. The summed E-state index contributed by atoms with van der Waals surface area (Å²) in [6.07, 6.45) is 1.74. The summed E-state index contributed by atoms with van der Waals surface area (Å²) in [5.41, 5.74) is 0. The van der Waals surface area contributed by atoms with E-state index in [9.17, 15) is 9.59 Å². The molecular weight excluding hydrogens is 308 g/mol. The van der Waals surface area contributed by atoms with Gasteiger partial charge in [0.2, 0.25) is 0 Å². The molecule has 0 bridgehead atoms. The van der Waals surface area contributed by atoms with Crippen LogP contribution in [0.15, 0.2) is 0 Å². The van der Waals surface area contributed by atoms with Crippen LogP contribution in [-0.4, -0.2) is 55.3 Å². The van der Waals surface area contributed by atoms with Crippen LogP contribution in [0.5, 0.6) is 0 Å². The van der Waals surface area contributed by atoms with Crippen LogP contribution in [0.1, 0.15) is 33.1 Å². The van der Waals surface area contributed by atoms with Crippen molar-refractivity contribution in [3.63, 3.8) is 0 Å². The van der Waals surface area contributed by atoms with Crippen LogP contribution in [0.25, 0.3) is 0 Å². The SMILES string of the molecule is CCOC(=O)C(CCCC[Si](OC)(OC)OC)C(=O)OCC. The smallest absolute Gasteiger partial charge is 0.465 e. The van der Waals surface area contributed by atoms with Crippen LogP contribution in [0.4, 0.5) is 0 Å². The van der Waals surface area contributed by atoms with Crippen molar-refractivity contribution >= 4 is 20.7 Å². The van der Waals surface area contributed by atoms with Crippen LogP contribution in [0.3, 0.4) is 0 Å². The van der Waals surface area contributed by atoms with Crippen molar-refractivity contribution in [3.05, 3.63) is 0 Å². The molecule has 0 radical (unpaired) electrons. The van der Waals surface area contributed by atoms with Gasteiger partial charge in [-0.15, -0.1) is 0 Å². The Bertz CT molecular complexity index is 305. The van der Waals surface area contributed by atoms with Crippen LogP contribution in [0, 0.1) is 5.92 Å². The third-order valence-corrected chi connectivity index (χ3v) is 6.13. The summed E-state index contributed by atoms with van der Waals surface area (Å²) in [5, 5.41) is 0. The van der Waals surface area contributed by atoms with Gasteiger partial charge < -0.3 is 22.8 Å². The van der Waals surface area contributed by atoms with Crippen molar-refractivity contribution in [2.24, 2.45) is 5.92 Å². The fourth-order valence-corrected chi connectivity index (χ4v) is 3.86. The van der Waals surface area contributed by atoms with Gasteiger partial charge >= 0.3 is 20.7 Å². The average Bonchev–Trinajstić information content (AvgIpc) is 2.52. The molecule has 0 fully saturated rings. The highest BCUT2D eigenvalue weighted by molar-refractivity contribution is 6.60. The zero-order chi connectivity index (χ0) is 17.0. The number of carbonyl (C=O) groups excluding carboxylic acids is 2. The first-order chi connectivity index (χ1) is 10.5. The molecule has 0 saturated carbocycles. The summed E-state index contributed by atoms with van der Waals surface area (Å²) in [7, 11) is 2.06. The highest BCUT2D eigenvalue weighted by atomic mass is 28.4. The predicted molar refractivity (Wildman–Crippen MR) is 82.2 cm³/mol. The molecule has 0 rings (SSSR count). The molecule has 22 heavy (non-hydrogen) atoms. The van der Waals surface area contributed by atoms with E-state index in [1.807, 2.05) is 0 Å². The van der Waals surface area contributed by atoms with Gasteiger partial charge in [0.15, 0.2) is 5.92 Å². The molecular formula is C14H28O7Si. The maximum atomic E-state index is 11.8.